The van der Waals surface area contributed by atoms with Gasteiger partial charge in [-0.25, -0.2) is 14.2 Å². The third-order valence-electron chi connectivity index (χ3n) is 7.62. The minimum atomic E-state index is -4.87. The van der Waals surface area contributed by atoms with E-state index in [0.29, 0.717) is 44.8 Å². The highest BCUT2D eigenvalue weighted by Crippen LogP contribution is 2.35. The molecule has 0 aliphatic carbocycles. The van der Waals surface area contributed by atoms with Crippen molar-refractivity contribution in [2.24, 2.45) is 11.8 Å². The fourth-order valence-electron chi connectivity index (χ4n) is 5.27. The molecule has 1 amide bonds. The number of nitrogens with one attached hydrogen (secondary N) is 1. The number of oxazole rings is 1. The zero-order chi connectivity index (χ0) is 30.7. The summed E-state index contributed by atoms with van der Waals surface area (Å²) < 4.78 is 66.1. The van der Waals surface area contributed by atoms with E-state index in [-0.39, 0.29) is 41.5 Å². The first-order valence-corrected chi connectivity index (χ1v) is 14.0. The fourth-order valence-corrected chi connectivity index (χ4v) is 5.27. The molecule has 10 nitrogen and oxygen atoms in total. The van der Waals surface area contributed by atoms with Crippen molar-refractivity contribution in [1.29, 1.82) is 0 Å². The lowest BCUT2D eigenvalue weighted by atomic mass is 9.98. The third kappa shape index (κ3) is 7.17. The molecule has 0 saturated carbocycles. The molecule has 2 aliphatic rings. The van der Waals surface area contributed by atoms with Gasteiger partial charge in [0, 0.05) is 26.2 Å². The second kappa shape index (κ2) is 12.5. The van der Waals surface area contributed by atoms with E-state index in [1.54, 1.807) is 17.0 Å². The van der Waals surface area contributed by atoms with Gasteiger partial charge in [-0.2, -0.15) is 18.2 Å². The number of carbonyl (C=O) groups excluding carboxylic acids is 1. The van der Waals surface area contributed by atoms with Gasteiger partial charge in [-0.1, -0.05) is 6.92 Å². The van der Waals surface area contributed by atoms with Gasteiger partial charge in [0.2, 0.25) is 5.76 Å². The Morgan fingerprint density at radius 2 is 1.88 bits per heavy atom. The Balaban J connectivity index is 1.17. The number of carboxylic acid groups (broad SMARTS) is 1. The van der Waals surface area contributed by atoms with E-state index in [1.165, 1.54) is 12.3 Å². The minimum absolute atomic E-state index is 0.0598. The van der Waals surface area contributed by atoms with E-state index in [0.717, 1.165) is 25.0 Å². The first-order valence-electron chi connectivity index (χ1n) is 14.0. The molecule has 5 rings (SSSR count). The molecule has 1 unspecified atom stereocenters. The highest BCUT2D eigenvalue weighted by atomic mass is 19.4. The molecule has 0 spiro atoms. The first kappa shape index (κ1) is 30.1. The molecule has 2 N–H and O–H groups in total. The first-order chi connectivity index (χ1) is 20.5. The number of anilines is 3. The van der Waals surface area contributed by atoms with Crippen LogP contribution in [0.15, 0.2) is 40.9 Å². The van der Waals surface area contributed by atoms with Gasteiger partial charge in [0.15, 0.2) is 17.3 Å². The number of aromatic nitrogens is 2. The van der Waals surface area contributed by atoms with Crippen LogP contribution in [-0.4, -0.2) is 59.7 Å². The topological polar surface area (TPSA) is 121 Å². The number of halogens is 4. The van der Waals surface area contributed by atoms with Crippen molar-refractivity contribution in [3.8, 4) is 5.75 Å². The lowest BCUT2D eigenvalue weighted by Crippen LogP contribution is -2.36. The Hall–Kier alpha value is -4.36. The predicted octanol–water partition coefficient (Wildman–Crippen LogP) is 5.71. The van der Waals surface area contributed by atoms with E-state index in [4.69, 9.17) is 14.3 Å². The fraction of sp³-hybridized carbons (Fsp3) is 0.448. The summed E-state index contributed by atoms with van der Waals surface area (Å²) in [5.41, 5.74) is -1.23. The number of aromatic carboxylic acids is 1. The molecule has 14 heteroatoms. The molecule has 1 atom stereocenters. The van der Waals surface area contributed by atoms with Crippen LogP contribution in [0.4, 0.5) is 35.1 Å². The number of piperidine rings is 2. The molecule has 2 fully saturated rings. The van der Waals surface area contributed by atoms with Gasteiger partial charge < -0.3 is 29.4 Å². The molecule has 2 saturated heterocycles. The molecular formula is C29H31F4N5O5. The second-order valence-corrected chi connectivity index (χ2v) is 10.9. The molecule has 0 bridgehead atoms. The summed E-state index contributed by atoms with van der Waals surface area (Å²) in [4.78, 5) is 35.6. The molecule has 3 aromatic rings. The van der Waals surface area contributed by atoms with E-state index in [9.17, 15) is 27.2 Å². The zero-order valence-electron chi connectivity index (χ0n) is 23.4. The van der Waals surface area contributed by atoms with Crippen LogP contribution in [-0.2, 0) is 6.18 Å². The molecule has 230 valence electrons. The lowest BCUT2D eigenvalue weighted by molar-refractivity contribution is -0.141. The van der Waals surface area contributed by atoms with Crippen LogP contribution in [0.3, 0.4) is 0 Å². The Labute approximate surface area is 244 Å². The number of benzene rings is 1. The maximum atomic E-state index is 14.0. The highest BCUT2D eigenvalue weighted by Gasteiger charge is 2.42. The van der Waals surface area contributed by atoms with Crippen molar-refractivity contribution in [2.45, 2.75) is 38.8 Å². The van der Waals surface area contributed by atoms with Gasteiger partial charge >= 0.3 is 12.1 Å². The van der Waals surface area contributed by atoms with Crippen LogP contribution in [0, 0.1) is 17.7 Å². The van der Waals surface area contributed by atoms with Crippen molar-refractivity contribution in [2.75, 3.05) is 47.9 Å². The normalized spacial score (nSPS) is 18.0. The number of amides is 1. The van der Waals surface area contributed by atoms with Crippen LogP contribution in [0.1, 0.15) is 59.2 Å². The van der Waals surface area contributed by atoms with E-state index in [2.05, 4.69) is 15.3 Å². The average Bonchev–Trinajstić information content (AvgIpc) is 3.44. The molecular weight excluding hydrogens is 574 g/mol. The highest BCUT2D eigenvalue weighted by molar-refractivity contribution is 6.03. The molecule has 2 aromatic heterocycles. The number of nitrogens with zero attached hydrogens (tertiary/aromatic N) is 4. The summed E-state index contributed by atoms with van der Waals surface area (Å²) >= 11 is 0. The number of hydrogen-bond donors (Lipinski definition) is 2. The summed E-state index contributed by atoms with van der Waals surface area (Å²) in [6.45, 7) is 4.46. The lowest BCUT2D eigenvalue weighted by Gasteiger charge is -2.32. The number of hydrogen-bond acceptors (Lipinski definition) is 8. The monoisotopic (exact) mass is 605 g/mol. The minimum Gasteiger partial charge on any atom is -0.490 e. The van der Waals surface area contributed by atoms with Crippen molar-refractivity contribution < 1.29 is 41.4 Å². The van der Waals surface area contributed by atoms with Gasteiger partial charge in [-0.05, 0) is 67.9 Å². The zero-order valence-corrected chi connectivity index (χ0v) is 23.4. The van der Waals surface area contributed by atoms with Crippen molar-refractivity contribution in [3.63, 3.8) is 0 Å². The maximum Gasteiger partial charge on any atom is 0.437 e. The van der Waals surface area contributed by atoms with Crippen LogP contribution in [0.25, 0.3) is 0 Å². The average molecular weight is 606 g/mol. The molecule has 1 aromatic carbocycles. The largest absolute Gasteiger partial charge is 0.490 e. The maximum absolute atomic E-state index is 14.0. The van der Waals surface area contributed by atoms with E-state index < -0.39 is 35.3 Å². The van der Waals surface area contributed by atoms with Crippen molar-refractivity contribution >= 4 is 29.4 Å². The number of rotatable bonds is 8. The Bertz CT molecular complexity index is 1450. The third-order valence-corrected chi connectivity index (χ3v) is 7.62. The quantitative estimate of drug-likeness (QED) is 0.311. The Morgan fingerprint density at radius 1 is 1.12 bits per heavy atom. The van der Waals surface area contributed by atoms with Crippen LogP contribution in [0.5, 0.6) is 5.75 Å². The summed E-state index contributed by atoms with van der Waals surface area (Å²) in [6, 6.07) is 6.39. The van der Waals surface area contributed by atoms with Gasteiger partial charge in [0.1, 0.15) is 5.82 Å². The number of carbonyl (C=O) groups is 2. The van der Waals surface area contributed by atoms with Crippen molar-refractivity contribution in [3.05, 3.63) is 59.4 Å². The summed E-state index contributed by atoms with van der Waals surface area (Å²) in [5.74, 6) is -2.87. The number of carboxylic acids is 1. The van der Waals surface area contributed by atoms with Gasteiger partial charge in [0.05, 0.1) is 24.1 Å². The van der Waals surface area contributed by atoms with E-state index in [1.807, 2.05) is 11.8 Å². The van der Waals surface area contributed by atoms with Crippen molar-refractivity contribution in [1.82, 2.24) is 9.97 Å². The smallest absolute Gasteiger partial charge is 0.437 e. The predicted molar refractivity (Wildman–Crippen MR) is 148 cm³/mol. The van der Waals surface area contributed by atoms with Crippen LogP contribution < -0.4 is 19.9 Å². The standard InChI is InChI=1S/C29H31F4N5O5/c1-17-3-2-10-38(15-17)28-36-25(29(31,32)33)24(43-28)26(39)35-20-5-7-23(34-14-20)37-11-8-18(9-12-37)16-42-22-13-19(27(40)41)4-6-21(22)30/h4-7,13-14,17-18H,2-3,8-12,15-16H2,1H3,(H,35,39)(H,40,41). The molecule has 4 heterocycles. The van der Waals surface area contributed by atoms with E-state index >= 15 is 0 Å². The van der Waals surface area contributed by atoms with Gasteiger partial charge in [-0.15, -0.1) is 0 Å². The number of pyridine rings is 1. The summed E-state index contributed by atoms with van der Waals surface area (Å²) in [7, 11) is 0. The van der Waals surface area contributed by atoms with Gasteiger partial charge in [-0.3, -0.25) is 4.79 Å². The Kier molecular flexibility index (Phi) is 8.74. The Morgan fingerprint density at radius 3 is 2.53 bits per heavy atom. The summed E-state index contributed by atoms with van der Waals surface area (Å²) in [5, 5.41) is 11.5. The molecule has 0 radical (unpaired) electrons. The van der Waals surface area contributed by atoms with Crippen LogP contribution >= 0.6 is 0 Å². The van der Waals surface area contributed by atoms with Crippen LogP contribution in [0.2, 0.25) is 0 Å². The van der Waals surface area contributed by atoms with Gasteiger partial charge in [0.25, 0.3) is 11.9 Å². The number of alkyl halides is 3. The SMILES string of the molecule is CC1CCCN(c2nc(C(F)(F)F)c(C(=O)Nc3ccc(N4CCC(COc5cc(C(=O)O)ccc5F)CC4)nc3)o2)C1. The summed E-state index contributed by atoms with van der Waals surface area (Å²) in [6.07, 6.45) is -0.338. The second-order valence-electron chi connectivity index (χ2n) is 10.9. The number of ether oxygens (including phenoxy) is 1. The molecule has 2 aliphatic heterocycles. The molecule has 43 heavy (non-hydrogen) atoms.